The highest BCUT2D eigenvalue weighted by Crippen LogP contribution is 2.20. The summed E-state index contributed by atoms with van der Waals surface area (Å²) in [5.74, 6) is 0.287. The van der Waals surface area contributed by atoms with Crippen LogP contribution in [0.4, 0.5) is 0 Å². The molecule has 0 spiro atoms. The van der Waals surface area contributed by atoms with E-state index in [2.05, 4.69) is 10.5 Å². The summed E-state index contributed by atoms with van der Waals surface area (Å²) >= 11 is 1.32. The molecule has 0 aliphatic heterocycles. The Morgan fingerprint density at radius 3 is 2.72 bits per heavy atom. The first-order valence-corrected chi connectivity index (χ1v) is 9.77. The molecule has 0 saturated heterocycles. The maximum Gasteiger partial charge on any atom is 0.353 e. The molecule has 3 aromatic rings. The van der Waals surface area contributed by atoms with Gasteiger partial charge in [-0.2, -0.15) is 5.10 Å². The molecule has 0 aliphatic rings. The molecule has 1 N–H and O–H groups in total. The number of carbonyl (C=O) groups excluding carboxylic acids is 2. The Bertz CT molecular complexity index is 1030. The van der Waals surface area contributed by atoms with Crippen molar-refractivity contribution in [2.75, 3.05) is 6.61 Å². The predicted octanol–water partition coefficient (Wildman–Crippen LogP) is 4.11. The van der Waals surface area contributed by atoms with Gasteiger partial charge in [-0.15, -0.1) is 11.3 Å². The van der Waals surface area contributed by atoms with Crippen LogP contribution in [0.2, 0.25) is 0 Å². The van der Waals surface area contributed by atoms with E-state index in [1.807, 2.05) is 37.4 Å². The van der Waals surface area contributed by atoms with Crippen LogP contribution < -0.4 is 14.9 Å². The van der Waals surface area contributed by atoms with Crippen molar-refractivity contribution in [2.24, 2.45) is 5.10 Å². The average Bonchev–Trinajstić information content (AvgIpc) is 3.24. The highest BCUT2D eigenvalue weighted by atomic mass is 32.1. The van der Waals surface area contributed by atoms with E-state index in [-0.39, 0.29) is 12.5 Å². The summed E-state index contributed by atoms with van der Waals surface area (Å²) in [5, 5.41) is 5.73. The topological polar surface area (TPSA) is 77.0 Å². The third-order valence-corrected chi connectivity index (χ3v) is 4.96. The van der Waals surface area contributed by atoms with Crippen molar-refractivity contribution in [2.45, 2.75) is 13.8 Å². The van der Waals surface area contributed by atoms with E-state index in [9.17, 15) is 9.59 Å². The first-order chi connectivity index (χ1) is 14.0. The minimum absolute atomic E-state index is 0.139. The Morgan fingerprint density at radius 1 is 1.10 bits per heavy atom. The molecule has 0 bridgehead atoms. The lowest BCUT2D eigenvalue weighted by atomic mass is 10.1. The minimum Gasteiger partial charge on any atom is -0.483 e. The van der Waals surface area contributed by atoms with E-state index in [4.69, 9.17) is 9.47 Å². The summed E-state index contributed by atoms with van der Waals surface area (Å²) in [4.78, 5) is 24.5. The van der Waals surface area contributed by atoms with Crippen molar-refractivity contribution in [3.8, 4) is 11.5 Å². The van der Waals surface area contributed by atoms with Gasteiger partial charge in [0, 0.05) is 0 Å². The molecule has 2 aromatic carbocycles. The number of ether oxygens (including phenoxy) is 2. The first kappa shape index (κ1) is 20.3. The zero-order valence-electron chi connectivity index (χ0n) is 16.0. The first-order valence-electron chi connectivity index (χ1n) is 8.89. The summed E-state index contributed by atoms with van der Waals surface area (Å²) in [6.07, 6.45) is 1.47. The van der Waals surface area contributed by atoms with Crippen LogP contribution >= 0.6 is 11.3 Å². The minimum atomic E-state index is -0.411. The second kappa shape index (κ2) is 9.66. The summed E-state index contributed by atoms with van der Waals surface area (Å²) in [6.45, 7) is 3.79. The lowest BCUT2D eigenvalue weighted by Gasteiger charge is -2.09. The normalized spacial score (nSPS) is 10.7. The molecule has 7 heteroatoms. The van der Waals surface area contributed by atoms with Gasteiger partial charge in [0.05, 0.1) is 6.21 Å². The molecule has 0 radical (unpaired) electrons. The van der Waals surface area contributed by atoms with E-state index in [1.165, 1.54) is 17.6 Å². The highest BCUT2D eigenvalue weighted by Gasteiger charge is 2.09. The zero-order valence-corrected chi connectivity index (χ0v) is 16.9. The van der Waals surface area contributed by atoms with Crippen LogP contribution in [0.3, 0.4) is 0 Å². The van der Waals surface area contributed by atoms with Gasteiger partial charge in [-0.05, 0) is 60.2 Å². The van der Waals surface area contributed by atoms with Crippen molar-refractivity contribution >= 4 is 29.4 Å². The van der Waals surface area contributed by atoms with Gasteiger partial charge in [0.2, 0.25) is 0 Å². The quantitative estimate of drug-likeness (QED) is 0.276. The average molecular weight is 408 g/mol. The predicted molar refractivity (Wildman–Crippen MR) is 113 cm³/mol. The second-order valence-electron chi connectivity index (χ2n) is 6.22. The Hall–Kier alpha value is -3.45. The summed E-state index contributed by atoms with van der Waals surface area (Å²) in [7, 11) is 0. The Morgan fingerprint density at radius 2 is 1.93 bits per heavy atom. The van der Waals surface area contributed by atoms with E-state index >= 15 is 0 Å². The molecule has 29 heavy (non-hydrogen) atoms. The third kappa shape index (κ3) is 5.76. The van der Waals surface area contributed by atoms with E-state index in [1.54, 1.807) is 36.4 Å². The molecule has 1 amide bonds. The van der Waals surface area contributed by atoms with Gasteiger partial charge in [-0.3, -0.25) is 4.79 Å². The van der Waals surface area contributed by atoms with E-state index in [0.717, 1.165) is 11.1 Å². The number of hydrazone groups is 1. The summed E-state index contributed by atoms with van der Waals surface area (Å²) in [5.41, 5.74) is 5.19. The smallest absolute Gasteiger partial charge is 0.353 e. The van der Waals surface area contributed by atoms with Gasteiger partial charge in [0.25, 0.3) is 5.91 Å². The molecule has 1 heterocycles. The van der Waals surface area contributed by atoms with Gasteiger partial charge < -0.3 is 9.47 Å². The van der Waals surface area contributed by atoms with Crippen molar-refractivity contribution in [3.63, 3.8) is 0 Å². The van der Waals surface area contributed by atoms with Gasteiger partial charge in [-0.1, -0.05) is 30.3 Å². The van der Waals surface area contributed by atoms with Crippen LogP contribution in [0.25, 0.3) is 0 Å². The van der Waals surface area contributed by atoms with Crippen molar-refractivity contribution < 1.29 is 19.1 Å². The van der Waals surface area contributed by atoms with Crippen LogP contribution in [-0.4, -0.2) is 24.7 Å². The van der Waals surface area contributed by atoms with Crippen LogP contribution in [0.5, 0.6) is 11.5 Å². The van der Waals surface area contributed by atoms with Crippen LogP contribution in [0.1, 0.15) is 26.4 Å². The lowest BCUT2D eigenvalue weighted by molar-refractivity contribution is -0.123. The van der Waals surface area contributed by atoms with Gasteiger partial charge in [-0.25, -0.2) is 10.2 Å². The second-order valence-corrected chi connectivity index (χ2v) is 7.17. The van der Waals surface area contributed by atoms with Crippen molar-refractivity contribution in [1.29, 1.82) is 0 Å². The number of hydrogen-bond acceptors (Lipinski definition) is 6. The van der Waals surface area contributed by atoms with Gasteiger partial charge in [0.1, 0.15) is 16.4 Å². The summed E-state index contributed by atoms with van der Waals surface area (Å²) in [6, 6.07) is 16.0. The molecule has 0 fully saturated rings. The molecule has 0 unspecified atom stereocenters. The molecule has 148 valence electrons. The number of hydrogen-bond donors (Lipinski definition) is 1. The number of thiophene rings is 1. The van der Waals surface area contributed by atoms with Crippen LogP contribution in [0, 0.1) is 13.8 Å². The molecular formula is C22H20N2O4S. The third-order valence-electron chi connectivity index (χ3n) is 4.11. The number of nitrogens with zero attached hydrogens (tertiary/aromatic N) is 1. The van der Waals surface area contributed by atoms with E-state index in [0.29, 0.717) is 21.9 Å². The van der Waals surface area contributed by atoms with E-state index < -0.39 is 5.97 Å². The monoisotopic (exact) mass is 408 g/mol. The Balaban J connectivity index is 1.51. The number of aryl methyl sites for hydroxylation is 1. The maximum atomic E-state index is 12.0. The van der Waals surface area contributed by atoms with Crippen molar-refractivity contribution in [3.05, 3.63) is 81.5 Å². The maximum absolute atomic E-state index is 12.0. The fourth-order valence-corrected chi connectivity index (χ4v) is 3.04. The lowest BCUT2D eigenvalue weighted by Crippen LogP contribution is -2.24. The highest BCUT2D eigenvalue weighted by molar-refractivity contribution is 7.12. The number of benzene rings is 2. The SMILES string of the molecule is Cc1cccc(OCC(=O)NN=Cc2cccc(OC(=O)c3cccs3)c2)c1C. The van der Waals surface area contributed by atoms with Gasteiger partial charge >= 0.3 is 5.97 Å². The van der Waals surface area contributed by atoms with Crippen LogP contribution in [-0.2, 0) is 4.79 Å². The summed E-state index contributed by atoms with van der Waals surface area (Å²) < 4.78 is 10.9. The molecule has 1 aromatic heterocycles. The largest absolute Gasteiger partial charge is 0.483 e. The van der Waals surface area contributed by atoms with Gasteiger partial charge in [0.15, 0.2) is 6.61 Å². The molecule has 3 rings (SSSR count). The number of carbonyl (C=O) groups is 2. The molecule has 6 nitrogen and oxygen atoms in total. The number of rotatable bonds is 7. The number of amides is 1. The van der Waals surface area contributed by atoms with Crippen LogP contribution in [0.15, 0.2) is 65.1 Å². The Labute approximate surface area is 172 Å². The van der Waals surface area contributed by atoms with Crippen molar-refractivity contribution in [1.82, 2.24) is 5.43 Å². The molecular weight excluding hydrogens is 388 g/mol. The molecule has 0 saturated carbocycles. The molecule has 0 aliphatic carbocycles. The number of nitrogens with one attached hydrogen (secondary N) is 1. The molecule has 0 atom stereocenters. The fraction of sp³-hybridized carbons (Fsp3) is 0.136. The number of esters is 1. The standard InChI is InChI=1S/C22H20N2O4S/c1-15-6-3-9-19(16(15)2)27-14-21(25)24-23-13-17-7-4-8-18(12-17)28-22(26)20-10-5-11-29-20/h3-13H,14H2,1-2H3,(H,24,25). The Kier molecular flexibility index (Phi) is 6.76. The zero-order chi connectivity index (χ0) is 20.6. The fourth-order valence-electron chi connectivity index (χ4n) is 2.45.